The van der Waals surface area contributed by atoms with Gasteiger partial charge in [-0.2, -0.15) is 0 Å². The van der Waals surface area contributed by atoms with Crippen LogP contribution >= 0.6 is 27.3 Å². The van der Waals surface area contributed by atoms with E-state index >= 15 is 0 Å². The normalized spacial score (nSPS) is 14.4. The quantitative estimate of drug-likeness (QED) is 0.658. The molecule has 1 atom stereocenters. The number of carbonyl (C=O) groups excluding carboxylic acids is 1. The van der Waals surface area contributed by atoms with Gasteiger partial charge in [-0.15, -0.1) is 11.3 Å². The molecular formula is C19H17BrN2O2S. The molecule has 1 unspecified atom stereocenters. The van der Waals surface area contributed by atoms with Crippen molar-refractivity contribution in [2.24, 2.45) is 0 Å². The average molecular weight is 417 g/mol. The Bertz CT molecular complexity index is 875. The van der Waals surface area contributed by atoms with Gasteiger partial charge in [-0.3, -0.25) is 4.79 Å². The summed E-state index contributed by atoms with van der Waals surface area (Å²) < 4.78 is 5.90. The first-order valence-corrected chi connectivity index (χ1v) is 9.81. The zero-order valence-electron chi connectivity index (χ0n) is 13.4. The second-order valence-corrected chi connectivity index (χ2v) is 7.68. The Kier molecular flexibility index (Phi) is 4.63. The molecule has 6 heteroatoms. The van der Waals surface area contributed by atoms with E-state index in [2.05, 4.69) is 67.9 Å². The highest BCUT2D eigenvalue weighted by molar-refractivity contribution is 9.10. The number of nitrogens with zero attached hydrogens (tertiary/aromatic N) is 1. The van der Waals surface area contributed by atoms with Gasteiger partial charge in [0.15, 0.2) is 10.4 Å². The fourth-order valence-electron chi connectivity index (χ4n) is 3.25. The summed E-state index contributed by atoms with van der Waals surface area (Å²) in [7, 11) is 0. The van der Waals surface area contributed by atoms with E-state index in [1.165, 1.54) is 16.1 Å². The van der Waals surface area contributed by atoms with E-state index in [0.717, 1.165) is 13.0 Å². The highest BCUT2D eigenvalue weighted by Crippen LogP contribution is 2.36. The maximum Gasteiger partial charge on any atom is 0.287 e. The zero-order chi connectivity index (χ0) is 17.2. The number of hydrogen-bond acceptors (Lipinski definition) is 4. The predicted molar refractivity (Wildman–Crippen MR) is 103 cm³/mol. The number of anilines is 1. The highest BCUT2D eigenvalue weighted by atomic mass is 79.9. The molecule has 1 aliphatic rings. The van der Waals surface area contributed by atoms with Crippen molar-refractivity contribution < 1.29 is 9.21 Å². The lowest BCUT2D eigenvalue weighted by molar-refractivity contribution is 0.0922. The molecular weight excluding hydrogens is 400 g/mol. The van der Waals surface area contributed by atoms with E-state index in [1.807, 2.05) is 0 Å². The number of furan rings is 1. The maximum absolute atomic E-state index is 12.4. The standard InChI is InChI=1S/C19H17BrN2O2S/c20-18-8-7-16(24-18)19(23)21-12-15(17-6-3-11-25-17)22-10-9-13-4-1-2-5-14(13)22/h1-8,11,15H,9-10,12H2,(H,21,23). The third-order valence-corrected chi connectivity index (χ3v) is 5.82. The van der Waals surface area contributed by atoms with Gasteiger partial charge in [0, 0.05) is 23.7 Å². The third kappa shape index (κ3) is 3.37. The molecule has 3 heterocycles. The summed E-state index contributed by atoms with van der Waals surface area (Å²) in [4.78, 5) is 16.0. The lowest BCUT2D eigenvalue weighted by atomic mass is 10.1. The largest absolute Gasteiger partial charge is 0.444 e. The fraction of sp³-hybridized carbons (Fsp3) is 0.211. The molecule has 0 bridgehead atoms. The van der Waals surface area contributed by atoms with Crippen molar-refractivity contribution in [2.45, 2.75) is 12.5 Å². The molecule has 0 fully saturated rings. The van der Waals surface area contributed by atoms with Crippen LogP contribution in [0.2, 0.25) is 0 Å². The van der Waals surface area contributed by atoms with Crippen molar-refractivity contribution >= 4 is 38.9 Å². The van der Waals surface area contributed by atoms with Crippen LogP contribution in [-0.4, -0.2) is 19.0 Å². The Hall–Kier alpha value is -2.05. The summed E-state index contributed by atoms with van der Waals surface area (Å²) in [6.45, 7) is 1.50. The number of hydrogen-bond donors (Lipinski definition) is 1. The molecule has 1 amide bonds. The molecule has 4 rings (SSSR count). The predicted octanol–water partition coefficient (Wildman–Crippen LogP) is 4.64. The van der Waals surface area contributed by atoms with E-state index in [4.69, 9.17) is 4.42 Å². The molecule has 1 N–H and O–H groups in total. The molecule has 128 valence electrons. The number of halogens is 1. The Morgan fingerprint density at radius 1 is 1.24 bits per heavy atom. The van der Waals surface area contributed by atoms with Crippen LogP contribution in [0.4, 0.5) is 5.69 Å². The summed E-state index contributed by atoms with van der Waals surface area (Å²) in [6.07, 6.45) is 1.04. The Morgan fingerprint density at radius 3 is 2.88 bits per heavy atom. The van der Waals surface area contributed by atoms with Crippen LogP contribution < -0.4 is 10.2 Å². The van der Waals surface area contributed by atoms with Crippen molar-refractivity contribution in [3.8, 4) is 0 Å². The summed E-state index contributed by atoms with van der Waals surface area (Å²) >= 11 is 4.95. The summed E-state index contributed by atoms with van der Waals surface area (Å²) in [5.74, 6) is 0.123. The molecule has 0 saturated heterocycles. The van der Waals surface area contributed by atoms with E-state index in [9.17, 15) is 4.79 Å². The van der Waals surface area contributed by atoms with Gasteiger partial charge in [0.05, 0.1) is 6.04 Å². The lowest BCUT2D eigenvalue weighted by Gasteiger charge is -2.30. The smallest absolute Gasteiger partial charge is 0.287 e. The molecule has 25 heavy (non-hydrogen) atoms. The van der Waals surface area contributed by atoms with Crippen molar-refractivity contribution in [1.82, 2.24) is 5.32 Å². The Balaban J connectivity index is 1.55. The molecule has 2 aromatic heterocycles. The minimum absolute atomic E-state index is 0.117. The summed E-state index contributed by atoms with van der Waals surface area (Å²) in [5, 5.41) is 5.10. The van der Waals surface area contributed by atoms with E-state index in [-0.39, 0.29) is 11.9 Å². The Labute approximate surface area is 158 Å². The number of para-hydroxylation sites is 1. The topological polar surface area (TPSA) is 45.5 Å². The number of rotatable bonds is 5. The van der Waals surface area contributed by atoms with Crippen molar-refractivity contribution in [2.75, 3.05) is 18.0 Å². The SMILES string of the molecule is O=C(NCC(c1cccs1)N1CCc2ccccc21)c1ccc(Br)o1. The monoisotopic (exact) mass is 416 g/mol. The highest BCUT2D eigenvalue weighted by Gasteiger charge is 2.28. The van der Waals surface area contributed by atoms with Gasteiger partial charge >= 0.3 is 0 Å². The molecule has 0 saturated carbocycles. The van der Waals surface area contributed by atoms with E-state index < -0.39 is 0 Å². The van der Waals surface area contributed by atoms with Crippen molar-refractivity contribution in [1.29, 1.82) is 0 Å². The van der Waals surface area contributed by atoms with Crippen molar-refractivity contribution in [3.63, 3.8) is 0 Å². The summed E-state index contributed by atoms with van der Waals surface area (Å²) in [6, 6.07) is 16.2. The number of benzene rings is 1. The minimum atomic E-state index is -0.195. The molecule has 4 nitrogen and oxygen atoms in total. The first-order chi connectivity index (χ1) is 12.2. The van der Waals surface area contributed by atoms with Gasteiger partial charge in [-0.1, -0.05) is 24.3 Å². The Morgan fingerprint density at radius 2 is 2.12 bits per heavy atom. The van der Waals surface area contributed by atoms with Crippen molar-refractivity contribution in [3.05, 3.63) is 74.8 Å². The first-order valence-electron chi connectivity index (χ1n) is 8.14. The van der Waals surface area contributed by atoms with Gasteiger partial charge in [0.25, 0.3) is 5.91 Å². The number of amides is 1. The minimum Gasteiger partial charge on any atom is -0.444 e. The van der Waals surface area contributed by atoms with E-state index in [0.29, 0.717) is 17.0 Å². The van der Waals surface area contributed by atoms with Gasteiger partial charge in [-0.25, -0.2) is 0 Å². The van der Waals surface area contributed by atoms with Crippen LogP contribution in [0.25, 0.3) is 0 Å². The summed E-state index contributed by atoms with van der Waals surface area (Å²) in [5.41, 5.74) is 2.63. The van der Waals surface area contributed by atoms with Gasteiger partial charge in [0.2, 0.25) is 0 Å². The molecule has 0 aliphatic carbocycles. The van der Waals surface area contributed by atoms with Gasteiger partial charge in [0.1, 0.15) is 0 Å². The number of nitrogens with one attached hydrogen (secondary N) is 1. The number of thiophene rings is 1. The number of carbonyl (C=O) groups is 1. The molecule has 0 spiro atoms. The third-order valence-electron chi connectivity index (χ3n) is 4.42. The van der Waals surface area contributed by atoms with Gasteiger partial charge in [-0.05, 0) is 57.6 Å². The van der Waals surface area contributed by atoms with E-state index in [1.54, 1.807) is 23.5 Å². The van der Waals surface area contributed by atoms with Crippen LogP contribution in [0.5, 0.6) is 0 Å². The average Bonchev–Trinajstić information content (AvgIpc) is 3.36. The molecule has 3 aromatic rings. The lowest BCUT2D eigenvalue weighted by Crippen LogP contribution is -2.37. The van der Waals surface area contributed by atoms with Crippen LogP contribution in [0, 0.1) is 0 Å². The molecule has 1 aliphatic heterocycles. The van der Waals surface area contributed by atoms with Crippen LogP contribution in [0.15, 0.2) is 63.0 Å². The molecule has 0 radical (unpaired) electrons. The first kappa shape index (κ1) is 16.4. The van der Waals surface area contributed by atoms with Crippen LogP contribution in [0.3, 0.4) is 0 Å². The maximum atomic E-state index is 12.4. The number of fused-ring (bicyclic) bond motifs is 1. The van der Waals surface area contributed by atoms with Crippen LogP contribution in [-0.2, 0) is 6.42 Å². The van der Waals surface area contributed by atoms with Gasteiger partial charge < -0.3 is 14.6 Å². The van der Waals surface area contributed by atoms with Crippen LogP contribution in [0.1, 0.15) is 27.0 Å². The fourth-order valence-corrected chi connectivity index (χ4v) is 4.39. The second kappa shape index (κ2) is 7.06. The second-order valence-electron chi connectivity index (χ2n) is 5.92. The molecule has 1 aromatic carbocycles. The zero-order valence-corrected chi connectivity index (χ0v) is 15.8.